The number of fused-ring (bicyclic) bond motifs is 1. The molecule has 2 amide bonds. The molecular weight excluding hydrogens is 466 g/mol. The number of aromatic hydroxyl groups is 1. The standard InChI is InChI=1S/C31H37NO5/c1-3-9-20(16-21-10-8-13-24(34)17-21)14-15-27(35)28-22(4-2)18-25-29(26(28)19-33)31(37)32(30(25)36)23-11-6-5-7-12-23/h5-8,10-13,16-17,25-27,29,33-35H,3-4,9,14-15,18-19H2,1-2H3/b20-16+/t25-,26+,27-,29-/m1/s1. The number of aliphatic hydroxyl groups is 2. The number of anilines is 1. The molecule has 6 heteroatoms. The SMILES string of the molecule is CCC/C(=C\c1cccc(O)c1)CC[C@@H](O)C1=C(CC)C[C@H]2C(=O)N(c3ccccc3)C(=O)[C@H]2[C@H]1CO. The van der Waals surface area contributed by atoms with Gasteiger partial charge in [-0.25, -0.2) is 0 Å². The van der Waals surface area contributed by atoms with Crippen molar-refractivity contribution < 1.29 is 24.9 Å². The highest BCUT2D eigenvalue weighted by Gasteiger charge is 2.55. The second kappa shape index (κ2) is 11.9. The minimum atomic E-state index is -0.814. The molecule has 0 radical (unpaired) electrons. The van der Waals surface area contributed by atoms with Crippen molar-refractivity contribution in [3.63, 3.8) is 0 Å². The summed E-state index contributed by atoms with van der Waals surface area (Å²) in [7, 11) is 0. The van der Waals surface area contributed by atoms with Crippen LogP contribution in [0.5, 0.6) is 5.75 Å². The Labute approximate surface area is 218 Å². The van der Waals surface area contributed by atoms with E-state index in [1.54, 1.807) is 42.5 Å². The highest BCUT2D eigenvalue weighted by molar-refractivity contribution is 6.22. The number of rotatable bonds is 10. The monoisotopic (exact) mass is 503 g/mol. The number of phenols is 1. The van der Waals surface area contributed by atoms with Gasteiger partial charge in [-0.1, -0.05) is 67.8 Å². The van der Waals surface area contributed by atoms with E-state index in [1.165, 1.54) is 10.5 Å². The van der Waals surface area contributed by atoms with Crippen LogP contribution < -0.4 is 4.90 Å². The summed E-state index contributed by atoms with van der Waals surface area (Å²) in [6.07, 6.45) is 5.27. The number of imide groups is 1. The highest BCUT2D eigenvalue weighted by Crippen LogP contribution is 2.48. The van der Waals surface area contributed by atoms with Crippen molar-refractivity contribution in [1.82, 2.24) is 0 Å². The van der Waals surface area contributed by atoms with Gasteiger partial charge in [-0.15, -0.1) is 0 Å². The molecule has 1 fully saturated rings. The van der Waals surface area contributed by atoms with Crippen molar-refractivity contribution in [3.05, 3.63) is 76.9 Å². The Kier molecular flexibility index (Phi) is 8.62. The molecule has 196 valence electrons. The van der Waals surface area contributed by atoms with Crippen LogP contribution in [-0.2, 0) is 9.59 Å². The minimum absolute atomic E-state index is 0.213. The van der Waals surface area contributed by atoms with Crippen LogP contribution in [0.4, 0.5) is 5.69 Å². The molecule has 3 N–H and O–H groups in total. The van der Waals surface area contributed by atoms with Crippen molar-refractivity contribution in [1.29, 1.82) is 0 Å². The zero-order chi connectivity index (χ0) is 26.5. The van der Waals surface area contributed by atoms with E-state index in [1.807, 2.05) is 19.1 Å². The quantitative estimate of drug-likeness (QED) is 0.304. The van der Waals surface area contributed by atoms with Gasteiger partial charge in [0.05, 0.1) is 30.2 Å². The second-order valence-electron chi connectivity index (χ2n) is 10.1. The third-order valence-electron chi connectivity index (χ3n) is 7.73. The lowest BCUT2D eigenvalue weighted by molar-refractivity contribution is -0.123. The lowest BCUT2D eigenvalue weighted by Crippen LogP contribution is -2.39. The van der Waals surface area contributed by atoms with Crippen LogP contribution >= 0.6 is 0 Å². The molecule has 0 bridgehead atoms. The van der Waals surface area contributed by atoms with Crippen LogP contribution in [0.2, 0.25) is 0 Å². The summed E-state index contributed by atoms with van der Waals surface area (Å²) in [6.45, 7) is 3.81. The summed E-state index contributed by atoms with van der Waals surface area (Å²) in [5.74, 6) is -2.08. The van der Waals surface area contributed by atoms with Gasteiger partial charge in [-0.05, 0) is 67.5 Å². The van der Waals surface area contributed by atoms with Crippen LogP contribution in [0.3, 0.4) is 0 Å². The van der Waals surface area contributed by atoms with Crippen molar-refractivity contribution in [3.8, 4) is 5.75 Å². The lowest BCUT2D eigenvalue weighted by Gasteiger charge is -2.36. The van der Waals surface area contributed by atoms with Crippen LogP contribution in [0.1, 0.15) is 57.9 Å². The average molecular weight is 504 g/mol. The molecule has 1 saturated heterocycles. The highest BCUT2D eigenvalue weighted by atomic mass is 16.3. The third-order valence-corrected chi connectivity index (χ3v) is 7.73. The minimum Gasteiger partial charge on any atom is -0.508 e. The van der Waals surface area contributed by atoms with Crippen LogP contribution in [-0.4, -0.2) is 39.8 Å². The van der Waals surface area contributed by atoms with Gasteiger partial charge in [0.25, 0.3) is 0 Å². The predicted molar refractivity (Wildman–Crippen MR) is 145 cm³/mol. The Morgan fingerprint density at radius 3 is 2.46 bits per heavy atom. The summed E-state index contributed by atoms with van der Waals surface area (Å²) >= 11 is 0. The number of hydrogen-bond donors (Lipinski definition) is 3. The van der Waals surface area contributed by atoms with Crippen LogP contribution in [0.15, 0.2) is 71.3 Å². The number of benzene rings is 2. The number of aliphatic hydroxyl groups excluding tert-OH is 2. The lowest BCUT2D eigenvalue weighted by atomic mass is 9.67. The molecule has 2 aromatic rings. The van der Waals surface area contributed by atoms with Gasteiger partial charge in [-0.2, -0.15) is 0 Å². The molecule has 37 heavy (non-hydrogen) atoms. The number of carbonyl (C=O) groups is 2. The van der Waals surface area contributed by atoms with Crippen molar-refractivity contribution >= 4 is 23.6 Å². The van der Waals surface area contributed by atoms with Crippen LogP contribution in [0.25, 0.3) is 6.08 Å². The number of hydrogen-bond acceptors (Lipinski definition) is 5. The Balaban J connectivity index is 1.58. The van der Waals surface area contributed by atoms with Crippen molar-refractivity contribution in [2.75, 3.05) is 11.5 Å². The van der Waals surface area contributed by atoms with E-state index in [2.05, 4.69) is 13.0 Å². The van der Waals surface area contributed by atoms with E-state index in [0.29, 0.717) is 31.4 Å². The Morgan fingerprint density at radius 2 is 1.81 bits per heavy atom. The average Bonchev–Trinajstić information content (AvgIpc) is 3.15. The first kappa shape index (κ1) is 26.8. The first-order valence-electron chi connectivity index (χ1n) is 13.3. The number of allylic oxidation sites excluding steroid dienone is 2. The molecule has 6 nitrogen and oxygen atoms in total. The molecule has 0 saturated carbocycles. The van der Waals surface area contributed by atoms with Gasteiger partial charge in [0.2, 0.25) is 11.8 Å². The molecule has 1 aliphatic carbocycles. The number of phenolic OH excluding ortho intramolecular Hbond substituents is 1. The van der Waals surface area contributed by atoms with E-state index >= 15 is 0 Å². The zero-order valence-corrected chi connectivity index (χ0v) is 21.6. The van der Waals surface area contributed by atoms with Gasteiger partial charge in [-0.3, -0.25) is 14.5 Å². The largest absolute Gasteiger partial charge is 0.508 e. The normalized spacial score (nSPS) is 23.0. The van der Waals surface area contributed by atoms with E-state index in [0.717, 1.165) is 29.6 Å². The molecule has 0 aromatic heterocycles. The first-order chi connectivity index (χ1) is 17.9. The van der Waals surface area contributed by atoms with Crippen molar-refractivity contribution in [2.45, 2.75) is 58.5 Å². The molecule has 4 rings (SSSR count). The number of amides is 2. The fourth-order valence-electron chi connectivity index (χ4n) is 6.05. The summed E-state index contributed by atoms with van der Waals surface area (Å²) in [5, 5.41) is 31.7. The Morgan fingerprint density at radius 1 is 1.05 bits per heavy atom. The maximum atomic E-state index is 13.5. The maximum Gasteiger partial charge on any atom is 0.238 e. The first-order valence-corrected chi connectivity index (χ1v) is 13.3. The Bertz CT molecular complexity index is 1190. The smallest absolute Gasteiger partial charge is 0.238 e. The second-order valence-corrected chi connectivity index (χ2v) is 10.1. The molecular formula is C31H37NO5. The Hall–Kier alpha value is -3.22. The molecule has 2 aromatic carbocycles. The molecule has 4 atom stereocenters. The summed E-state index contributed by atoms with van der Waals surface area (Å²) in [5.41, 5.74) is 4.33. The van der Waals surface area contributed by atoms with Gasteiger partial charge in [0, 0.05) is 5.92 Å². The number of carbonyl (C=O) groups excluding carboxylic acids is 2. The molecule has 0 unspecified atom stereocenters. The van der Waals surface area contributed by atoms with Gasteiger partial charge in [0.1, 0.15) is 5.75 Å². The fourth-order valence-corrected chi connectivity index (χ4v) is 6.05. The third kappa shape index (κ3) is 5.55. The molecule has 1 heterocycles. The summed E-state index contributed by atoms with van der Waals surface area (Å²) in [6, 6.07) is 16.0. The summed E-state index contributed by atoms with van der Waals surface area (Å²) in [4.78, 5) is 28.1. The molecule has 1 aliphatic heterocycles. The van der Waals surface area contributed by atoms with E-state index in [-0.39, 0.29) is 24.2 Å². The fraction of sp³-hybridized carbons (Fsp3) is 0.419. The number of nitrogens with zero attached hydrogens (tertiary/aromatic N) is 1. The van der Waals surface area contributed by atoms with E-state index < -0.39 is 23.9 Å². The van der Waals surface area contributed by atoms with Gasteiger partial charge >= 0.3 is 0 Å². The zero-order valence-electron chi connectivity index (χ0n) is 21.6. The number of para-hydroxylation sites is 1. The molecule has 2 aliphatic rings. The van der Waals surface area contributed by atoms with E-state index in [4.69, 9.17) is 0 Å². The van der Waals surface area contributed by atoms with Crippen molar-refractivity contribution in [2.24, 2.45) is 17.8 Å². The summed E-state index contributed by atoms with van der Waals surface area (Å²) < 4.78 is 0. The van der Waals surface area contributed by atoms with Gasteiger partial charge in [0.15, 0.2) is 0 Å². The topological polar surface area (TPSA) is 98.1 Å². The maximum absolute atomic E-state index is 13.5. The molecule has 0 spiro atoms. The van der Waals surface area contributed by atoms with Gasteiger partial charge < -0.3 is 15.3 Å². The van der Waals surface area contributed by atoms with E-state index in [9.17, 15) is 24.9 Å². The van der Waals surface area contributed by atoms with Crippen LogP contribution in [0, 0.1) is 17.8 Å². The predicted octanol–water partition coefficient (Wildman–Crippen LogP) is 5.24.